The average Bonchev–Trinajstić information content (AvgIpc) is 3.01. The molecule has 0 fully saturated rings. The van der Waals surface area contributed by atoms with Gasteiger partial charge in [-0.2, -0.15) is 9.90 Å². The van der Waals surface area contributed by atoms with Crippen LogP contribution >= 0.6 is 11.6 Å². The number of amides is 1. The molecule has 110 valence electrons. The molecule has 5 nitrogen and oxygen atoms in total. The number of anilines is 1. The predicted octanol–water partition coefficient (Wildman–Crippen LogP) is 3.31. The molecule has 0 aliphatic heterocycles. The average molecular weight is 317 g/mol. The highest BCUT2D eigenvalue weighted by Crippen LogP contribution is 2.19. The first-order chi connectivity index (χ1) is 10.6. The Balaban J connectivity index is 1.80. The summed E-state index contributed by atoms with van der Waals surface area (Å²) in [5.74, 6) is -1.17. The highest BCUT2D eigenvalue weighted by atomic mass is 35.5. The van der Waals surface area contributed by atoms with Crippen molar-refractivity contribution < 1.29 is 9.18 Å². The first kappa shape index (κ1) is 14.2. The van der Waals surface area contributed by atoms with Crippen molar-refractivity contribution in [3.8, 4) is 5.69 Å². The fourth-order valence-electron chi connectivity index (χ4n) is 1.83. The molecular weight excluding hydrogens is 307 g/mol. The van der Waals surface area contributed by atoms with Crippen LogP contribution in [0.2, 0.25) is 5.02 Å². The number of halogens is 2. The van der Waals surface area contributed by atoms with Crippen molar-refractivity contribution in [1.29, 1.82) is 0 Å². The van der Waals surface area contributed by atoms with Crippen LogP contribution in [0.15, 0.2) is 54.7 Å². The van der Waals surface area contributed by atoms with Gasteiger partial charge in [-0.3, -0.25) is 4.79 Å². The van der Waals surface area contributed by atoms with E-state index in [-0.39, 0.29) is 16.4 Å². The maximum absolute atomic E-state index is 13.7. The zero-order valence-electron chi connectivity index (χ0n) is 11.2. The van der Waals surface area contributed by atoms with Crippen LogP contribution in [0, 0.1) is 5.82 Å². The Morgan fingerprint density at radius 1 is 1.18 bits per heavy atom. The first-order valence-corrected chi connectivity index (χ1v) is 6.75. The second-order valence-corrected chi connectivity index (χ2v) is 4.87. The summed E-state index contributed by atoms with van der Waals surface area (Å²) in [6.07, 6.45) is 1.32. The molecular formula is C15H10ClFN4O. The summed E-state index contributed by atoms with van der Waals surface area (Å²) >= 11 is 5.66. The molecule has 3 aromatic rings. The van der Waals surface area contributed by atoms with Crippen LogP contribution in [0.25, 0.3) is 5.69 Å². The van der Waals surface area contributed by atoms with Gasteiger partial charge in [0, 0.05) is 5.02 Å². The lowest BCUT2D eigenvalue weighted by atomic mass is 10.3. The van der Waals surface area contributed by atoms with Crippen molar-refractivity contribution in [1.82, 2.24) is 15.0 Å². The van der Waals surface area contributed by atoms with Gasteiger partial charge in [-0.25, -0.2) is 4.39 Å². The van der Waals surface area contributed by atoms with Crippen molar-refractivity contribution >= 4 is 23.2 Å². The molecule has 0 bridgehead atoms. The third-order valence-electron chi connectivity index (χ3n) is 2.89. The summed E-state index contributed by atoms with van der Waals surface area (Å²) in [5.41, 5.74) is 0.834. The SMILES string of the molecule is O=C(Nc1ccc(Cl)cc1F)c1cnn(-c2ccccc2)n1. The third-order valence-corrected chi connectivity index (χ3v) is 3.13. The molecule has 3 rings (SSSR count). The quantitative estimate of drug-likeness (QED) is 0.806. The lowest BCUT2D eigenvalue weighted by Gasteiger charge is -2.04. The molecule has 1 heterocycles. The number of carbonyl (C=O) groups excluding carboxylic acids is 1. The molecule has 0 aliphatic carbocycles. The van der Waals surface area contributed by atoms with Gasteiger partial charge < -0.3 is 5.32 Å². The van der Waals surface area contributed by atoms with Crippen LogP contribution in [0.5, 0.6) is 0 Å². The van der Waals surface area contributed by atoms with Crippen LogP contribution in [0.3, 0.4) is 0 Å². The lowest BCUT2D eigenvalue weighted by molar-refractivity contribution is 0.102. The van der Waals surface area contributed by atoms with E-state index in [0.29, 0.717) is 0 Å². The Hall–Kier alpha value is -2.73. The number of rotatable bonds is 3. The molecule has 1 N–H and O–H groups in total. The van der Waals surface area contributed by atoms with E-state index in [1.54, 1.807) is 12.1 Å². The molecule has 0 unspecified atom stereocenters. The summed E-state index contributed by atoms with van der Waals surface area (Å²) in [6.45, 7) is 0. The van der Waals surface area contributed by atoms with E-state index < -0.39 is 11.7 Å². The second-order valence-electron chi connectivity index (χ2n) is 4.43. The maximum Gasteiger partial charge on any atom is 0.277 e. The van der Waals surface area contributed by atoms with Gasteiger partial charge in [0.05, 0.1) is 17.6 Å². The minimum absolute atomic E-state index is 0.0312. The Labute approximate surface area is 130 Å². The normalized spacial score (nSPS) is 10.5. The van der Waals surface area contributed by atoms with E-state index in [1.165, 1.54) is 23.1 Å². The standard InChI is InChI=1S/C15H10ClFN4O/c16-10-6-7-13(12(17)8-10)19-15(22)14-9-18-21(20-14)11-4-2-1-3-5-11/h1-9H,(H,19,22). The van der Waals surface area contributed by atoms with E-state index in [9.17, 15) is 9.18 Å². The second kappa shape index (κ2) is 5.95. The fourth-order valence-corrected chi connectivity index (χ4v) is 1.99. The number of nitrogens with one attached hydrogen (secondary N) is 1. The Morgan fingerprint density at radius 3 is 2.68 bits per heavy atom. The molecule has 2 aromatic carbocycles. The van der Waals surface area contributed by atoms with Gasteiger partial charge in [0.1, 0.15) is 5.82 Å². The number of carbonyl (C=O) groups is 1. The molecule has 1 aromatic heterocycles. The van der Waals surface area contributed by atoms with Gasteiger partial charge in [-0.05, 0) is 30.3 Å². The summed E-state index contributed by atoms with van der Waals surface area (Å²) in [6, 6.07) is 13.1. The molecule has 7 heteroatoms. The number of hydrogen-bond donors (Lipinski definition) is 1. The molecule has 22 heavy (non-hydrogen) atoms. The number of para-hydroxylation sites is 1. The zero-order chi connectivity index (χ0) is 15.5. The van der Waals surface area contributed by atoms with Crippen molar-refractivity contribution in [3.63, 3.8) is 0 Å². The molecule has 1 amide bonds. The summed E-state index contributed by atoms with van der Waals surface area (Å²) in [4.78, 5) is 13.4. The highest BCUT2D eigenvalue weighted by Gasteiger charge is 2.13. The molecule has 0 saturated heterocycles. The summed E-state index contributed by atoms with van der Waals surface area (Å²) in [5, 5.41) is 10.8. The van der Waals surface area contributed by atoms with Crippen LogP contribution in [0.1, 0.15) is 10.5 Å². The monoisotopic (exact) mass is 316 g/mol. The van der Waals surface area contributed by atoms with E-state index in [0.717, 1.165) is 11.8 Å². The van der Waals surface area contributed by atoms with E-state index in [4.69, 9.17) is 11.6 Å². The van der Waals surface area contributed by atoms with Crippen LogP contribution in [0.4, 0.5) is 10.1 Å². The van der Waals surface area contributed by atoms with Crippen molar-refractivity contribution in [3.05, 3.63) is 71.3 Å². The summed E-state index contributed by atoms with van der Waals surface area (Å²) in [7, 11) is 0. The minimum Gasteiger partial charge on any atom is -0.318 e. The van der Waals surface area contributed by atoms with Crippen LogP contribution in [-0.2, 0) is 0 Å². The topological polar surface area (TPSA) is 59.8 Å². The molecule has 0 saturated carbocycles. The smallest absolute Gasteiger partial charge is 0.277 e. The molecule has 0 atom stereocenters. The van der Waals surface area contributed by atoms with Gasteiger partial charge in [0.25, 0.3) is 5.91 Å². The Bertz CT molecular complexity index is 819. The van der Waals surface area contributed by atoms with Gasteiger partial charge >= 0.3 is 0 Å². The van der Waals surface area contributed by atoms with Gasteiger partial charge in [0.15, 0.2) is 5.69 Å². The number of benzene rings is 2. The minimum atomic E-state index is -0.615. The fraction of sp³-hybridized carbons (Fsp3) is 0. The van der Waals surface area contributed by atoms with Gasteiger partial charge in [0.2, 0.25) is 0 Å². The summed E-state index contributed by atoms with van der Waals surface area (Å²) < 4.78 is 13.7. The van der Waals surface area contributed by atoms with Crippen LogP contribution < -0.4 is 5.32 Å². The Kier molecular flexibility index (Phi) is 3.84. The zero-order valence-corrected chi connectivity index (χ0v) is 12.0. The molecule has 0 aliphatic rings. The number of hydrogen-bond acceptors (Lipinski definition) is 3. The van der Waals surface area contributed by atoms with E-state index >= 15 is 0 Å². The van der Waals surface area contributed by atoms with Gasteiger partial charge in [-0.1, -0.05) is 29.8 Å². The van der Waals surface area contributed by atoms with Crippen molar-refractivity contribution in [2.45, 2.75) is 0 Å². The maximum atomic E-state index is 13.7. The number of nitrogens with zero attached hydrogens (tertiary/aromatic N) is 3. The number of aromatic nitrogens is 3. The van der Waals surface area contributed by atoms with Crippen molar-refractivity contribution in [2.75, 3.05) is 5.32 Å². The largest absolute Gasteiger partial charge is 0.318 e. The Morgan fingerprint density at radius 2 is 1.95 bits per heavy atom. The highest BCUT2D eigenvalue weighted by molar-refractivity contribution is 6.30. The molecule has 0 spiro atoms. The van der Waals surface area contributed by atoms with Crippen LogP contribution in [-0.4, -0.2) is 20.9 Å². The van der Waals surface area contributed by atoms with E-state index in [2.05, 4.69) is 15.5 Å². The lowest BCUT2D eigenvalue weighted by Crippen LogP contribution is -2.14. The third kappa shape index (κ3) is 2.96. The van der Waals surface area contributed by atoms with Crippen molar-refractivity contribution in [2.24, 2.45) is 0 Å². The van der Waals surface area contributed by atoms with E-state index in [1.807, 2.05) is 18.2 Å². The van der Waals surface area contributed by atoms with Gasteiger partial charge in [-0.15, -0.1) is 5.10 Å². The first-order valence-electron chi connectivity index (χ1n) is 6.37. The molecule has 0 radical (unpaired) electrons. The predicted molar refractivity (Wildman–Crippen MR) is 80.7 cm³/mol.